The zero-order chi connectivity index (χ0) is 17.6. The van der Waals surface area contributed by atoms with E-state index in [1.807, 2.05) is 24.3 Å². The molecular weight excluding hydrogens is 323 g/mol. The van der Waals surface area contributed by atoms with Gasteiger partial charge in [-0.2, -0.15) is 13.2 Å². The molecule has 7 heteroatoms. The number of halogens is 3. The summed E-state index contributed by atoms with van der Waals surface area (Å²) in [5.41, 5.74) is 1.14. The molecule has 0 saturated carbocycles. The highest BCUT2D eigenvalue weighted by Crippen LogP contribution is 2.26. The van der Waals surface area contributed by atoms with E-state index in [4.69, 9.17) is 4.74 Å². The predicted octanol–water partition coefficient (Wildman–Crippen LogP) is 3.06. The fraction of sp³-hybridized carbons (Fsp3) is 0.588. The van der Waals surface area contributed by atoms with E-state index < -0.39 is 19.4 Å². The van der Waals surface area contributed by atoms with Crippen LogP contribution < -0.4 is 4.74 Å². The normalized spacial score (nSPS) is 16.2. The molecule has 0 atom stereocenters. The lowest BCUT2D eigenvalue weighted by Crippen LogP contribution is -2.41. The second-order valence-electron chi connectivity index (χ2n) is 5.95. The van der Waals surface area contributed by atoms with Gasteiger partial charge in [0.15, 0.2) is 0 Å². The maximum atomic E-state index is 12.0. The first-order chi connectivity index (χ1) is 11.4. The second kappa shape index (κ2) is 8.37. The van der Waals surface area contributed by atoms with Crippen LogP contribution in [0.1, 0.15) is 18.4 Å². The molecule has 1 aromatic carbocycles. The molecule has 1 aliphatic heterocycles. The molecule has 1 fully saturated rings. The van der Waals surface area contributed by atoms with E-state index in [9.17, 15) is 18.0 Å². The van der Waals surface area contributed by atoms with Gasteiger partial charge in [0, 0.05) is 13.1 Å². The summed E-state index contributed by atoms with van der Waals surface area (Å²) in [6.45, 7) is -0.804. The van der Waals surface area contributed by atoms with E-state index in [0.29, 0.717) is 19.0 Å². The Balaban J connectivity index is 1.76. The van der Waals surface area contributed by atoms with Crippen LogP contribution >= 0.6 is 0 Å². The van der Waals surface area contributed by atoms with Crippen LogP contribution in [0.15, 0.2) is 24.3 Å². The van der Waals surface area contributed by atoms with Gasteiger partial charge < -0.3 is 14.4 Å². The number of carbonyl (C=O) groups is 1. The molecule has 0 radical (unpaired) electrons. The molecule has 0 N–H and O–H groups in total. The quantitative estimate of drug-likeness (QED) is 0.795. The van der Waals surface area contributed by atoms with E-state index in [-0.39, 0.29) is 5.91 Å². The summed E-state index contributed by atoms with van der Waals surface area (Å²) in [5, 5.41) is 0. The maximum Gasteiger partial charge on any atom is 0.411 e. The van der Waals surface area contributed by atoms with Crippen molar-refractivity contribution in [1.82, 2.24) is 4.90 Å². The number of rotatable bonds is 6. The molecule has 1 saturated heterocycles. The van der Waals surface area contributed by atoms with E-state index in [1.54, 1.807) is 12.0 Å². The molecule has 0 bridgehead atoms. The van der Waals surface area contributed by atoms with Crippen LogP contribution in [0.5, 0.6) is 5.75 Å². The van der Waals surface area contributed by atoms with Gasteiger partial charge in [0.25, 0.3) is 0 Å². The Labute approximate surface area is 139 Å². The van der Waals surface area contributed by atoms with Gasteiger partial charge in [-0.3, -0.25) is 4.79 Å². The van der Waals surface area contributed by atoms with Gasteiger partial charge in [0.1, 0.15) is 19.0 Å². The molecule has 1 aliphatic rings. The molecule has 1 aromatic rings. The number of hydrogen-bond acceptors (Lipinski definition) is 3. The first-order valence-corrected chi connectivity index (χ1v) is 7.93. The molecule has 1 heterocycles. The number of carbonyl (C=O) groups excluding carboxylic acids is 1. The minimum Gasteiger partial charge on any atom is -0.496 e. The molecule has 0 unspecified atom stereocenters. The van der Waals surface area contributed by atoms with Crippen LogP contribution in [0.2, 0.25) is 0 Å². The third kappa shape index (κ3) is 5.70. The largest absolute Gasteiger partial charge is 0.496 e. The van der Waals surface area contributed by atoms with Gasteiger partial charge in [-0.25, -0.2) is 0 Å². The zero-order valence-electron chi connectivity index (χ0n) is 13.6. The fourth-order valence-electron chi connectivity index (χ4n) is 2.91. The molecule has 0 aliphatic carbocycles. The lowest BCUT2D eigenvalue weighted by Gasteiger charge is -2.32. The van der Waals surface area contributed by atoms with Crippen molar-refractivity contribution >= 4 is 5.91 Å². The van der Waals surface area contributed by atoms with Crippen LogP contribution in [0.25, 0.3) is 0 Å². The van der Waals surface area contributed by atoms with Crippen LogP contribution in [-0.4, -0.2) is 50.4 Å². The summed E-state index contributed by atoms with van der Waals surface area (Å²) >= 11 is 0. The summed E-state index contributed by atoms with van der Waals surface area (Å²) in [5.74, 6) is 0.910. The number of amides is 1. The molecular formula is C17H22F3NO3. The van der Waals surface area contributed by atoms with Crippen LogP contribution in [0.3, 0.4) is 0 Å². The average Bonchev–Trinajstić information content (AvgIpc) is 2.55. The van der Waals surface area contributed by atoms with Crippen molar-refractivity contribution < 1.29 is 27.4 Å². The smallest absolute Gasteiger partial charge is 0.411 e. The highest BCUT2D eigenvalue weighted by Gasteiger charge is 2.29. The summed E-state index contributed by atoms with van der Waals surface area (Å²) in [6.07, 6.45) is -1.88. The average molecular weight is 345 g/mol. The van der Waals surface area contributed by atoms with Gasteiger partial charge in [0.05, 0.1) is 7.11 Å². The number of para-hydroxylation sites is 1. The van der Waals surface area contributed by atoms with Gasteiger partial charge >= 0.3 is 6.18 Å². The van der Waals surface area contributed by atoms with Crippen LogP contribution in [0.4, 0.5) is 13.2 Å². The minimum absolute atomic E-state index is 0.380. The Kier molecular flexibility index (Phi) is 6.48. The molecule has 4 nitrogen and oxygen atoms in total. The molecule has 24 heavy (non-hydrogen) atoms. The summed E-state index contributed by atoms with van der Waals surface area (Å²) in [4.78, 5) is 13.4. The fourth-order valence-corrected chi connectivity index (χ4v) is 2.91. The number of alkyl halides is 3. The molecule has 2 rings (SSSR count). The van der Waals surface area contributed by atoms with Crippen molar-refractivity contribution in [2.75, 3.05) is 33.4 Å². The number of ether oxygens (including phenoxy) is 2. The van der Waals surface area contributed by atoms with E-state index in [2.05, 4.69) is 4.74 Å². The Hall–Kier alpha value is -1.76. The van der Waals surface area contributed by atoms with Crippen molar-refractivity contribution in [1.29, 1.82) is 0 Å². The lowest BCUT2D eigenvalue weighted by atomic mass is 9.90. The SMILES string of the molecule is COc1ccccc1CC1CCN(C(=O)COCC(F)(F)F)CC1. The van der Waals surface area contributed by atoms with Crippen molar-refractivity contribution in [2.45, 2.75) is 25.4 Å². The van der Waals surface area contributed by atoms with Gasteiger partial charge in [0.2, 0.25) is 5.91 Å². The van der Waals surface area contributed by atoms with Gasteiger partial charge in [-0.05, 0) is 36.8 Å². The van der Waals surface area contributed by atoms with Gasteiger partial charge in [-0.15, -0.1) is 0 Å². The summed E-state index contributed by atoms with van der Waals surface area (Å²) in [7, 11) is 1.64. The number of benzene rings is 1. The van der Waals surface area contributed by atoms with Crippen molar-refractivity contribution in [3.05, 3.63) is 29.8 Å². The summed E-state index contributed by atoms with van der Waals surface area (Å²) in [6, 6.07) is 7.84. The Bertz CT molecular complexity index is 540. The second-order valence-corrected chi connectivity index (χ2v) is 5.95. The first-order valence-electron chi connectivity index (χ1n) is 7.93. The van der Waals surface area contributed by atoms with E-state index >= 15 is 0 Å². The first kappa shape index (κ1) is 18.6. The predicted molar refractivity (Wildman–Crippen MR) is 82.9 cm³/mol. The highest BCUT2D eigenvalue weighted by atomic mass is 19.4. The van der Waals surface area contributed by atoms with Crippen molar-refractivity contribution in [2.24, 2.45) is 5.92 Å². The zero-order valence-corrected chi connectivity index (χ0v) is 13.6. The molecule has 134 valence electrons. The van der Waals surface area contributed by atoms with Crippen LogP contribution in [-0.2, 0) is 16.0 Å². The third-order valence-corrected chi connectivity index (χ3v) is 4.16. The number of nitrogens with zero attached hydrogens (tertiary/aromatic N) is 1. The van der Waals surface area contributed by atoms with E-state index in [1.165, 1.54) is 0 Å². The van der Waals surface area contributed by atoms with Crippen molar-refractivity contribution in [3.8, 4) is 5.75 Å². The standard InChI is InChI=1S/C17H22F3NO3/c1-23-15-5-3-2-4-14(15)10-13-6-8-21(9-7-13)16(22)11-24-12-17(18,19)20/h2-5,13H,6-12H2,1H3. The lowest BCUT2D eigenvalue weighted by molar-refractivity contribution is -0.178. The monoisotopic (exact) mass is 345 g/mol. The molecule has 0 spiro atoms. The highest BCUT2D eigenvalue weighted by molar-refractivity contribution is 5.77. The number of methoxy groups -OCH3 is 1. The van der Waals surface area contributed by atoms with Gasteiger partial charge in [-0.1, -0.05) is 18.2 Å². The topological polar surface area (TPSA) is 38.8 Å². The Morgan fingerprint density at radius 3 is 2.54 bits per heavy atom. The Morgan fingerprint density at radius 1 is 1.25 bits per heavy atom. The number of likely N-dealkylation sites (tertiary alicyclic amines) is 1. The van der Waals surface area contributed by atoms with Crippen molar-refractivity contribution in [3.63, 3.8) is 0 Å². The summed E-state index contributed by atoms with van der Waals surface area (Å²) < 4.78 is 45.8. The number of hydrogen-bond donors (Lipinski definition) is 0. The van der Waals surface area contributed by atoms with E-state index in [0.717, 1.165) is 30.6 Å². The third-order valence-electron chi connectivity index (χ3n) is 4.16. The minimum atomic E-state index is -4.40. The van der Waals surface area contributed by atoms with Crippen LogP contribution in [0, 0.1) is 5.92 Å². The molecule has 0 aromatic heterocycles. The number of piperidine rings is 1. The maximum absolute atomic E-state index is 12.0. The molecule has 1 amide bonds. The Morgan fingerprint density at radius 2 is 1.92 bits per heavy atom.